The van der Waals surface area contributed by atoms with Crippen molar-refractivity contribution in [2.75, 3.05) is 46.1 Å². The van der Waals surface area contributed by atoms with Gasteiger partial charge in [0.15, 0.2) is 5.96 Å². The van der Waals surface area contributed by atoms with Crippen molar-refractivity contribution >= 4 is 47.6 Å². The van der Waals surface area contributed by atoms with Crippen molar-refractivity contribution < 1.29 is 9.53 Å². The van der Waals surface area contributed by atoms with Gasteiger partial charge in [0.05, 0.1) is 7.11 Å². The predicted octanol–water partition coefficient (Wildman–Crippen LogP) is 2.45. The van der Waals surface area contributed by atoms with Gasteiger partial charge in [0, 0.05) is 49.3 Å². The second-order valence-electron chi connectivity index (χ2n) is 6.49. The third-order valence-corrected chi connectivity index (χ3v) is 5.26. The number of ether oxygens (including phenoxy) is 1. The topological polar surface area (TPSA) is 66.0 Å². The Morgan fingerprint density at radius 2 is 2.08 bits per heavy atom. The lowest BCUT2D eigenvalue weighted by atomic mass is 10.2. The number of carbonyl (C=O) groups excluding carboxylic acids is 1. The molecule has 8 heteroatoms. The molecule has 1 aliphatic rings. The van der Waals surface area contributed by atoms with Crippen LogP contribution in [0, 0.1) is 0 Å². The van der Waals surface area contributed by atoms with Crippen LogP contribution < -0.4 is 15.4 Å². The number of thioether (sulfide) groups is 1. The number of nitrogens with zero attached hydrogens (tertiary/aromatic N) is 2. The van der Waals surface area contributed by atoms with Crippen molar-refractivity contribution in [1.29, 1.82) is 0 Å². The molecule has 0 aliphatic carbocycles. The summed E-state index contributed by atoms with van der Waals surface area (Å²) in [5.74, 6) is 2.56. The van der Waals surface area contributed by atoms with Crippen molar-refractivity contribution in [3.8, 4) is 5.75 Å². The van der Waals surface area contributed by atoms with E-state index in [0.29, 0.717) is 24.4 Å². The van der Waals surface area contributed by atoms with E-state index >= 15 is 0 Å². The van der Waals surface area contributed by atoms with Gasteiger partial charge in [0.2, 0.25) is 0 Å². The zero-order valence-corrected chi connectivity index (χ0v) is 19.0. The molecule has 0 radical (unpaired) electrons. The lowest BCUT2D eigenvalue weighted by Gasteiger charge is -2.39. The molecule has 0 spiro atoms. The molecule has 2 N–H and O–H groups in total. The van der Waals surface area contributed by atoms with Gasteiger partial charge in [-0.2, -0.15) is 11.8 Å². The number of aliphatic imine (C=N–C) groups is 1. The Bertz CT molecular complexity index is 625. The first-order chi connectivity index (χ1) is 11.9. The highest BCUT2D eigenvalue weighted by molar-refractivity contribution is 14.0. The van der Waals surface area contributed by atoms with Crippen LogP contribution in [-0.2, 0) is 0 Å². The molecule has 2 rings (SSSR count). The summed E-state index contributed by atoms with van der Waals surface area (Å²) in [6.45, 7) is 7.63. The summed E-state index contributed by atoms with van der Waals surface area (Å²) in [7, 11) is 3.39. The van der Waals surface area contributed by atoms with Gasteiger partial charge >= 0.3 is 0 Å². The Morgan fingerprint density at radius 1 is 1.35 bits per heavy atom. The fraction of sp³-hybridized carbons (Fsp3) is 0.556. The highest BCUT2D eigenvalue weighted by atomic mass is 127. The Labute approximate surface area is 177 Å². The number of nitrogens with one attached hydrogen (secondary N) is 2. The molecule has 0 bridgehead atoms. The quantitative estimate of drug-likeness (QED) is 0.286. The Hall–Kier alpha value is -1.16. The largest absolute Gasteiger partial charge is 0.497 e. The third kappa shape index (κ3) is 6.86. The second-order valence-corrected chi connectivity index (χ2v) is 8.29. The highest BCUT2D eigenvalue weighted by Gasteiger charge is 2.28. The Kier molecular flexibility index (Phi) is 9.56. The van der Waals surface area contributed by atoms with Crippen molar-refractivity contribution in [1.82, 2.24) is 15.5 Å². The lowest BCUT2D eigenvalue weighted by Crippen LogP contribution is -2.51. The van der Waals surface area contributed by atoms with Gasteiger partial charge < -0.3 is 20.3 Å². The number of halogens is 1. The minimum Gasteiger partial charge on any atom is -0.497 e. The maximum atomic E-state index is 12.2. The number of methoxy groups -OCH3 is 1. The van der Waals surface area contributed by atoms with Gasteiger partial charge in [-0.15, -0.1) is 24.0 Å². The smallest absolute Gasteiger partial charge is 0.251 e. The first-order valence-corrected chi connectivity index (χ1v) is 9.45. The van der Waals surface area contributed by atoms with Crippen molar-refractivity contribution in [2.45, 2.75) is 18.6 Å². The maximum Gasteiger partial charge on any atom is 0.251 e. The molecule has 0 aromatic heterocycles. The Morgan fingerprint density at radius 3 is 2.73 bits per heavy atom. The Balaban J connectivity index is 0.00000338. The molecule has 1 amide bonds. The monoisotopic (exact) mass is 492 g/mol. The van der Waals surface area contributed by atoms with Crippen molar-refractivity contribution in [2.24, 2.45) is 4.99 Å². The van der Waals surface area contributed by atoms with Crippen LogP contribution in [0.15, 0.2) is 29.3 Å². The molecule has 1 aliphatic heterocycles. The van der Waals surface area contributed by atoms with E-state index in [1.807, 2.05) is 23.9 Å². The van der Waals surface area contributed by atoms with Gasteiger partial charge in [-0.25, -0.2) is 0 Å². The molecule has 0 atom stereocenters. The number of amides is 1. The molecule has 146 valence electrons. The van der Waals surface area contributed by atoms with E-state index < -0.39 is 0 Å². The van der Waals surface area contributed by atoms with E-state index in [1.54, 1.807) is 26.3 Å². The standard InChI is InChI=1S/C18H28N4O2S.HI/c1-18(2)13-22(10-11-25-18)17(19-3)21-9-8-20-16(23)14-6-5-7-15(12-14)24-4;/h5-7,12H,8-11,13H2,1-4H3,(H,19,21)(H,20,23);1H. The van der Waals surface area contributed by atoms with Crippen LogP contribution >= 0.6 is 35.7 Å². The fourth-order valence-corrected chi connectivity index (χ4v) is 3.86. The molecule has 1 aromatic rings. The number of guanidine groups is 1. The summed E-state index contributed by atoms with van der Waals surface area (Å²) >= 11 is 1.99. The predicted molar refractivity (Wildman–Crippen MR) is 120 cm³/mol. The van der Waals surface area contributed by atoms with E-state index in [-0.39, 0.29) is 34.6 Å². The minimum absolute atomic E-state index is 0. The number of hydrogen-bond donors (Lipinski definition) is 2. The maximum absolute atomic E-state index is 12.2. The third-order valence-electron chi connectivity index (χ3n) is 3.96. The molecule has 1 heterocycles. The average Bonchev–Trinajstić information content (AvgIpc) is 2.60. The molecular formula is C18H29IN4O2S. The van der Waals surface area contributed by atoms with Crippen LogP contribution in [0.3, 0.4) is 0 Å². The number of benzene rings is 1. The van der Waals surface area contributed by atoms with Gasteiger partial charge in [-0.3, -0.25) is 9.79 Å². The lowest BCUT2D eigenvalue weighted by molar-refractivity contribution is 0.0954. The first-order valence-electron chi connectivity index (χ1n) is 8.47. The van der Waals surface area contributed by atoms with Crippen LogP contribution in [0.5, 0.6) is 5.75 Å². The van der Waals surface area contributed by atoms with E-state index in [9.17, 15) is 4.79 Å². The van der Waals surface area contributed by atoms with Gasteiger partial charge in [-0.1, -0.05) is 6.07 Å². The fourth-order valence-electron chi connectivity index (χ4n) is 2.75. The molecule has 26 heavy (non-hydrogen) atoms. The van der Waals surface area contributed by atoms with Crippen LogP contribution in [-0.4, -0.2) is 67.6 Å². The highest BCUT2D eigenvalue weighted by Crippen LogP contribution is 2.29. The average molecular weight is 492 g/mol. The van der Waals surface area contributed by atoms with Crippen LogP contribution in [0.1, 0.15) is 24.2 Å². The van der Waals surface area contributed by atoms with Crippen molar-refractivity contribution in [3.63, 3.8) is 0 Å². The number of hydrogen-bond acceptors (Lipinski definition) is 4. The molecule has 0 saturated carbocycles. The molecule has 6 nitrogen and oxygen atoms in total. The van der Waals surface area contributed by atoms with Gasteiger partial charge in [0.25, 0.3) is 5.91 Å². The summed E-state index contributed by atoms with van der Waals surface area (Å²) in [4.78, 5) is 18.8. The molecule has 1 fully saturated rings. The van der Waals surface area contributed by atoms with Gasteiger partial charge in [-0.05, 0) is 32.0 Å². The van der Waals surface area contributed by atoms with Crippen LogP contribution in [0.25, 0.3) is 0 Å². The zero-order chi connectivity index (χ0) is 18.3. The number of rotatable bonds is 5. The van der Waals surface area contributed by atoms with Gasteiger partial charge in [0.1, 0.15) is 5.75 Å². The molecule has 1 saturated heterocycles. The molecule has 0 unspecified atom stereocenters. The van der Waals surface area contributed by atoms with Crippen LogP contribution in [0.4, 0.5) is 0 Å². The zero-order valence-electron chi connectivity index (χ0n) is 15.9. The molecule has 1 aromatic carbocycles. The van der Waals surface area contributed by atoms with E-state index in [4.69, 9.17) is 4.74 Å². The van der Waals surface area contributed by atoms with E-state index in [2.05, 4.69) is 34.4 Å². The normalized spacial score (nSPS) is 16.5. The van der Waals surface area contributed by atoms with E-state index in [0.717, 1.165) is 24.8 Å². The summed E-state index contributed by atoms with van der Waals surface area (Å²) in [6, 6.07) is 7.14. The van der Waals surface area contributed by atoms with Crippen molar-refractivity contribution in [3.05, 3.63) is 29.8 Å². The SMILES string of the molecule is CN=C(NCCNC(=O)c1cccc(OC)c1)N1CCSC(C)(C)C1.I. The van der Waals surface area contributed by atoms with Crippen LogP contribution in [0.2, 0.25) is 0 Å². The number of carbonyl (C=O) groups is 1. The van der Waals surface area contributed by atoms with E-state index in [1.165, 1.54) is 0 Å². The second kappa shape index (κ2) is 10.9. The summed E-state index contributed by atoms with van der Waals surface area (Å²) in [5.41, 5.74) is 0.596. The first kappa shape index (κ1) is 22.9. The summed E-state index contributed by atoms with van der Waals surface area (Å²) in [5, 5.41) is 6.25. The summed E-state index contributed by atoms with van der Waals surface area (Å²) < 4.78 is 5.38. The summed E-state index contributed by atoms with van der Waals surface area (Å²) in [6.07, 6.45) is 0. The minimum atomic E-state index is -0.105. The molecular weight excluding hydrogens is 463 g/mol.